The molecule has 0 bridgehead atoms. The zero-order valence-corrected chi connectivity index (χ0v) is 17.8. The monoisotopic (exact) mass is 421 g/mol. The number of benzene rings is 2. The van der Waals surface area contributed by atoms with Crippen LogP contribution >= 0.6 is 23.2 Å². The van der Waals surface area contributed by atoms with E-state index in [1.165, 1.54) is 4.90 Å². The van der Waals surface area contributed by atoms with E-state index in [0.717, 1.165) is 25.2 Å². The van der Waals surface area contributed by atoms with Crippen molar-refractivity contribution in [3.63, 3.8) is 0 Å². The van der Waals surface area contributed by atoms with Gasteiger partial charge in [-0.2, -0.15) is 0 Å². The molecular formula is C21H25Cl2N3O2. The molecule has 2 amide bonds. The second kappa shape index (κ2) is 10.5. The molecule has 150 valence electrons. The summed E-state index contributed by atoms with van der Waals surface area (Å²) in [6.45, 7) is 6.99. The molecule has 0 unspecified atom stereocenters. The SMILES string of the molecule is CCN(CC)Cc1ccc(C(=O)N(C)CC(=O)Nc2ccc(Cl)c(Cl)c2)cc1. The van der Waals surface area contributed by atoms with E-state index in [2.05, 4.69) is 24.1 Å². The Hall–Kier alpha value is -2.08. The van der Waals surface area contributed by atoms with E-state index in [-0.39, 0.29) is 18.4 Å². The van der Waals surface area contributed by atoms with Crippen molar-refractivity contribution >= 4 is 40.7 Å². The van der Waals surface area contributed by atoms with Crippen LogP contribution in [0.15, 0.2) is 42.5 Å². The number of halogens is 2. The molecule has 0 fully saturated rings. The van der Waals surface area contributed by atoms with Crippen LogP contribution in [0.2, 0.25) is 10.0 Å². The van der Waals surface area contributed by atoms with Gasteiger partial charge in [-0.05, 0) is 49.0 Å². The van der Waals surface area contributed by atoms with Gasteiger partial charge < -0.3 is 10.2 Å². The Kier molecular flexibility index (Phi) is 8.30. The summed E-state index contributed by atoms with van der Waals surface area (Å²) in [5.74, 6) is -0.522. The third kappa shape index (κ3) is 6.23. The van der Waals surface area contributed by atoms with Gasteiger partial charge in [0.15, 0.2) is 0 Å². The van der Waals surface area contributed by atoms with Crippen LogP contribution in [0.3, 0.4) is 0 Å². The first-order valence-electron chi connectivity index (χ1n) is 9.15. The van der Waals surface area contributed by atoms with E-state index in [4.69, 9.17) is 23.2 Å². The lowest BCUT2D eigenvalue weighted by atomic mass is 10.1. The number of rotatable bonds is 8. The van der Waals surface area contributed by atoms with Crippen molar-refractivity contribution < 1.29 is 9.59 Å². The predicted molar refractivity (Wildman–Crippen MR) is 115 cm³/mol. The predicted octanol–water partition coefficient (Wildman–Crippen LogP) is 4.55. The Morgan fingerprint density at radius 3 is 2.18 bits per heavy atom. The molecule has 5 nitrogen and oxygen atoms in total. The normalized spacial score (nSPS) is 10.8. The van der Waals surface area contributed by atoms with Crippen LogP contribution < -0.4 is 5.32 Å². The minimum atomic E-state index is -0.313. The van der Waals surface area contributed by atoms with Crippen LogP contribution in [0.25, 0.3) is 0 Å². The Morgan fingerprint density at radius 1 is 0.964 bits per heavy atom. The smallest absolute Gasteiger partial charge is 0.254 e. The van der Waals surface area contributed by atoms with Gasteiger partial charge >= 0.3 is 0 Å². The molecule has 0 heterocycles. The molecule has 0 saturated carbocycles. The van der Waals surface area contributed by atoms with Crippen molar-refractivity contribution in [2.24, 2.45) is 0 Å². The summed E-state index contributed by atoms with van der Waals surface area (Å²) >= 11 is 11.8. The van der Waals surface area contributed by atoms with Gasteiger partial charge in [-0.25, -0.2) is 0 Å². The third-order valence-electron chi connectivity index (χ3n) is 4.43. The van der Waals surface area contributed by atoms with E-state index in [1.54, 1.807) is 37.4 Å². The molecule has 0 aliphatic heterocycles. The fourth-order valence-corrected chi connectivity index (χ4v) is 3.04. The average molecular weight is 422 g/mol. The Balaban J connectivity index is 1.94. The minimum Gasteiger partial charge on any atom is -0.332 e. The van der Waals surface area contributed by atoms with Crippen LogP contribution in [0.5, 0.6) is 0 Å². The molecule has 7 heteroatoms. The fourth-order valence-electron chi connectivity index (χ4n) is 2.74. The standard InChI is InChI=1S/C21H25Cl2N3O2/c1-4-26(5-2)13-15-6-8-16(9-7-15)21(28)25(3)14-20(27)24-17-10-11-18(22)19(23)12-17/h6-12H,4-5,13-14H2,1-3H3,(H,24,27). The molecule has 0 saturated heterocycles. The number of hydrogen-bond acceptors (Lipinski definition) is 3. The lowest BCUT2D eigenvalue weighted by Crippen LogP contribution is -2.34. The Labute approximate surface area is 176 Å². The summed E-state index contributed by atoms with van der Waals surface area (Å²) in [5, 5.41) is 3.48. The second-order valence-corrected chi connectivity index (χ2v) is 7.31. The van der Waals surface area contributed by atoms with E-state index < -0.39 is 0 Å². The molecule has 0 aromatic heterocycles. The highest BCUT2D eigenvalue weighted by molar-refractivity contribution is 6.42. The maximum absolute atomic E-state index is 12.6. The van der Waals surface area contributed by atoms with Crippen molar-refractivity contribution in [3.05, 3.63) is 63.6 Å². The van der Waals surface area contributed by atoms with E-state index >= 15 is 0 Å². The number of likely N-dealkylation sites (N-methyl/N-ethyl adjacent to an activating group) is 1. The summed E-state index contributed by atoms with van der Waals surface area (Å²) in [5.41, 5.74) is 2.23. The van der Waals surface area contributed by atoms with Crippen molar-refractivity contribution in [1.29, 1.82) is 0 Å². The van der Waals surface area contributed by atoms with Gasteiger partial charge in [-0.15, -0.1) is 0 Å². The van der Waals surface area contributed by atoms with Crippen molar-refractivity contribution in [3.8, 4) is 0 Å². The molecule has 1 N–H and O–H groups in total. The quantitative estimate of drug-likeness (QED) is 0.680. The first kappa shape index (κ1) is 22.2. The van der Waals surface area contributed by atoms with Gasteiger partial charge in [-0.3, -0.25) is 14.5 Å². The van der Waals surface area contributed by atoms with Gasteiger partial charge in [0.2, 0.25) is 5.91 Å². The molecule has 28 heavy (non-hydrogen) atoms. The van der Waals surface area contributed by atoms with Crippen LogP contribution in [0.1, 0.15) is 29.8 Å². The molecule has 0 aliphatic carbocycles. The number of nitrogens with zero attached hydrogens (tertiary/aromatic N) is 2. The maximum atomic E-state index is 12.6. The highest BCUT2D eigenvalue weighted by atomic mass is 35.5. The highest BCUT2D eigenvalue weighted by Gasteiger charge is 2.15. The number of carbonyl (C=O) groups is 2. The van der Waals surface area contributed by atoms with Crippen molar-refractivity contribution in [2.45, 2.75) is 20.4 Å². The fraction of sp³-hybridized carbons (Fsp3) is 0.333. The summed E-state index contributed by atoms with van der Waals surface area (Å²) < 4.78 is 0. The number of amides is 2. The second-order valence-electron chi connectivity index (χ2n) is 6.50. The van der Waals surface area contributed by atoms with Crippen LogP contribution in [-0.2, 0) is 11.3 Å². The van der Waals surface area contributed by atoms with E-state index in [9.17, 15) is 9.59 Å². The zero-order valence-electron chi connectivity index (χ0n) is 16.3. The summed E-state index contributed by atoms with van der Waals surface area (Å²) in [6, 6.07) is 12.3. The molecule has 0 spiro atoms. The van der Waals surface area contributed by atoms with Crippen molar-refractivity contribution in [2.75, 3.05) is 32.0 Å². The Morgan fingerprint density at radius 2 is 1.61 bits per heavy atom. The van der Waals surface area contributed by atoms with E-state index in [1.807, 2.05) is 12.1 Å². The first-order valence-corrected chi connectivity index (χ1v) is 9.91. The van der Waals surface area contributed by atoms with Crippen LogP contribution in [0.4, 0.5) is 5.69 Å². The highest BCUT2D eigenvalue weighted by Crippen LogP contribution is 2.25. The van der Waals surface area contributed by atoms with Crippen LogP contribution in [-0.4, -0.2) is 48.3 Å². The minimum absolute atomic E-state index is 0.0692. The lowest BCUT2D eigenvalue weighted by molar-refractivity contribution is -0.116. The topological polar surface area (TPSA) is 52.7 Å². The summed E-state index contributed by atoms with van der Waals surface area (Å²) in [7, 11) is 1.60. The number of anilines is 1. The van der Waals surface area contributed by atoms with Gasteiger partial charge in [0.25, 0.3) is 5.91 Å². The Bertz CT molecular complexity index is 821. The molecular weight excluding hydrogens is 397 g/mol. The molecule has 2 aromatic rings. The van der Waals surface area contributed by atoms with Gasteiger partial charge in [0.1, 0.15) is 0 Å². The maximum Gasteiger partial charge on any atom is 0.254 e. The average Bonchev–Trinajstić information content (AvgIpc) is 2.68. The summed E-state index contributed by atoms with van der Waals surface area (Å²) in [4.78, 5) is 28.5. The molecule has 0 aliphatic rings. The zero-order chi connectivity index (χ0) is 20.7. The largest absolute Gasteiger partial charge is 0.332 e. The van der Waals surface area contributed by atoms with E-state index in [0.29, 0.717) is 21.3 Å². The molecule has 2 aromatic carbocycles. The van der Waals surface area contributed by atoms with Gasteiger partial charge in [0.05, 0.1) is 16.6 Å². The van der Waals surface area contributed by atoms with Gasteiger partial charge in [-0.1, -0.05) is 49.2 Å². The first-order chi connectivity index (χ1) is 13.3. The van der Waals surface area contributed by atoms with Crippen molar-refractivity contribution in [1.82, 2.24) is 9.80 Å². The number of carbonyl (C=O) groups excluding carboxylic acids is 2. The molecule has 2 rings (SSSR count). The molecule has 0 atom stereocenters. The van der Waals surface area contributed by atoms with Crippen LogP contribution in [0, 0.1) is 0 Å². The molecule has 0 radical (unpaired) electrons. The van der Waals surface area contributed by atoms with Gasteiger partial charge in [0, 0.05) is 24.8 Å². The number of hydrogen-bond donors (Lipinski definition) is 1. The third-order valence-corrected chi connectivity index (χ3v) is 5.17. The lowest BCUT2D eigenvalue weighted by Gasteiger charge is -2.19. The number of nitrogens with one attached hydrogen (secondary N) is 1. The summed E-state index contributed by atoms with van der Waals surface area (Å²) in [6.07, 6.45) is 0.